The number of nitrogens with zero attached hydrogens (tertiary/aromatic N) is 1. The first kappa shape index (κ1) is 19.1. The average molecular weight is 376 g/mol. The SMILES string of the molecule is COc1ccc(C(=O)COC(=O)/C=C/c2cccc([N+](=O)[O-])c2)cc1Cl. The molecule has 0 N–H and O–H groups in total. The van der Waals surface area contributed by atoms with Crippen molar-refractivity contribution in [1.29, 1.82) is 0 Å². The molecule has 0 atom stereocenters. The second-order valence-corrected chi connectivity index (χ2v) is 5.47. The molecule has 2 aromatic carbocycles. The second kappa shape index (κ2) is 8.77. The maximum absolute atomic E-state index is 12.0. The van der Waals surface area contributed by atoms with E-state index in [-0.39, 0.29) is 16.3 Å². The largest absolute Gasteiger partial charge is 0.495 e. The highest BCUT2D eigenvalue weighted by molar-refractivity contribution is 6.32. The number of hydrogen-bond donors (Lipinski definition) is 0. The maximum Gasteiger partial charge on any atom is 0.331 e. The number of nitro benzene ring substituents is 1. The number of carbonyl (C=O) groups is 2. The highest BCUT2D eigenvalue weighted by atomic mass is 35.5. The first-order valence-corrected chi connectivity index (χ1v) is 7.74. The number of Topliss-reactive ketones (excluding diaryl/α,β-unsaturated/α-hetero) is 1. The van der Waals surface area contributed by atoms with Gasteiger partial charge in [-0.05, 0) is 29.8 Å². The van der Waals surface area contributed by atoms with E-state index in [9.17, 15) is 19.7 Å². The molecule has 8 heteroatoms. The topological polar surface area (TPSA) is 95.7 Å². The second-order valence-electron chi connectivity index (χ2n) is 5.07. The number of non-ortho nitro benzene ring substituents is 1. The van der Waals surface area contributed by atoms with Gasteiger partial charge in [0.25, 0.3) is 5.69 Å². The van der Waals surface area contributed by atoms with Crippen LogP contribution in [0.25, 0.3) is 6.08 Å². The molecule has 2 rings (SSSR count). The van der Waals surface area contributed by atoms with Crippen molar-refractivity contribution in [3.8, 4) is 5.75 Å². The number of halogens is 1. The van der Waals surface area contributed by atoms with Gasteiger partial charge in [0.1, 0.15) is 5.75 Å². The molecule has 0 unspecified atom stereocenters. The number of carbonyl (C=O) groups excluding carboxylic acids is 2. The van der Waals surface area contributed by atoms with E-state index >= 15 is 0 Å². The summed E-state index contributed by atoms with van der Waals surface area (Å²) in [4.78, 5) is 33.9. The van der Waals surface area contributed by atoms with Gasteiger partial charge in [0, 0.05) is 23.8 Å². The van der Waals surface area contributed by atoms with Gasteiger partial charge in [-0.3, -0.25) is 14.9 Å². The number of rotatable bonds is 7. The highest BCUT2D eigenvalue weighted by Gasteiger charge is 2.11. The average Bonchev–Trinajstić information content (AvgIpc) is 2.64. The standard InChI is InChI=1S/C18H14ClNO6/c1-25-17-7-6-13(10-15(17)19)16(21)11-26-18(22)8-5-12-3-2-4-14(9-12)20(23)24/h2-10H,11H2,1H3/b8-5+. The fourth-order valence-corrected chi connectivity index (χ4v) is 2.27. The molecular formula is C18H14ClNO6. The summed E-state index contributed by atoms with van der Waals surface area (Å²) in [7, 11) is 1.46. The smallest absolute Gasteiger partial charge is 0.331 e. The maximum atomic E-state index is 12.0. The molecule has 0 fully saturated rings. The molecule has 0 aliphatic carbocycles. The van der Waals surface area contributed by atoms with E-state index in [0.29, 0.717) is 11.3 Å². The molecule has 0 saturated carbocycles. The van der Waals surface area contributed by atoms with Crippen LogP contribution in [0.2, 0.25) is 5.02 Å². The third-order valence-electron chi connectivity index (χ3n) is 3.31. The molecule has 0 bridgehead atoms. The lowest BCUT2D eigenvalue weighted by molar-refractivity contribution is -0.384. The molecule has 0 amide bonds. The van der Waals surface area contributed by atoms with Gasteiger partial charge in [-0.15, -0.1) is 0 Å². The highest BCUT2D eigenvalue weighted by Crippen LogP contribution is 2.25. The van der Waals surface area contributed by atoms with Crippen molar-refractivity contribution in [2.75, 3.05) is 13.7 Å². The van der Waals surface area contributed by atoms with Gasteiger partial charge in [0.05, 0.1) is 17.1 Å². The Morgan fingerprint density at radius 1 is 1.23 bits per heavy atom. The summed E-state index contributed by atoms with van der Waals surface area (Å²) in [5.74, 6) is -0.740. The van der Waals surface area contributed by atoms with Crippen molar-refractivity contribution >= 4 is 35.1 Å². The summed E-state index contributed by atoms with van der Waals surface area (Å²) in [5.41, 5.74) is 0.655. The molecule has 0 heterocycles. The predicted molar refractivity (Wildman–Crippen MR) is 95.4 cm³/mol. The number of hydrogen-bond acceptors (Lipinski definition) is 6. The molecule has 0 aromatic heterocycles. The summed E-state index contributed by atoms with van der Waals surface area (Å²) in [6.07, 6.45) is 2.46. The lowest BCUT2D eigenvalue weighted by Crippen LogP contribution is -2.12. The molecule has 26 heavy (non-hydrogen) atoms. The number of ether oxygens (including phenoxy) is 2. The normalized spacial score (nSPS) is 10.5. The zero-order valence-corrected chi connectivity index (χ0v) is 14.4. The quantitative estimate of drug-likeness (QED) is 0.241. The Kier molecular flexibility index (Phi) is 6.46. The van der Waals surface area contributed by atoms with Crippen LogP contribution in [0.1, 0.15) is 15.9 Å². The van der Waals surface area contributed by atoms with Gasteiger partial charge in [0.2, 0.25) is 0 Å². The van der Waals surface area contributed by atoms with Crippen molar-refractivity contribution in [1.82, 2.24) is 0 Å². The van der Waals surface area contributed by atoms with Crippen molar-refractivity contribution in [2.24, 2.45) is 0 Å². The minimum absolute atomic E-state index is 0.0907. The fourth-order valence-electron chi connectivity index (χ4n) is 2.01. The van der Waals surface area contributed by atoms with Crippen LogP contribution in [-0.4, -0.2) is 30.4 Å². The van der Waals surface area contributed by atoms with Crippen molar-refractivity contribution < 1.29 is 24.0 Å². The van der Waals surface area contributed by atoms with E-state index in [4.69, 9.17) is 21.1 Å². The molecule has 7 nitrogen and oxygen atoms in total. The molecule has 0 radical (unpaired) electrons. The van der Waals surface area contributed by atoms with Gasteiger partial charge in [-0.25, -0.2) is 4.79 Å². The summed E-state index contributed by atoms with van der Waals surface area (Å²) >= 11 is 5.94. The first-order valence-electron chi connectivity index (χ1n) is 7.36. The molecular weight excluding hydrogens is 362 g/mol. The fraction of sp³-hybridized carbons (Fsp3) is 0.111. The molecule has 0 aliphatic heterocycles. The van der Waals surface area contributed by atoms with Crippen LogP contribution in [-0.2, 0) is 9.53 Å². The van der Waals surface area contributed by atoms with E-state index in [0.717, 1.165) is 6.08 Å². The number of ketones is 1. The number of benzene rings is 2. The Morgan fingerprint density at radius 3 is 2.65 bits per heavy atom. The van der Waals surface area contributed by atoms with E-state index in [2.05, 4.69) is 0 Å². The van der Waals surface area contributed by atoms with Gasteiger partial charge >= 0.3 is 5.97 Å². The minimum atomic E-state index is -0.746. The number of methoxy groups -OCH3 is 1. The van der Waals surface area contributed by atoms with Gasteiger partial charge in [-0.2, -0.15) is 0 Å². The summed E-state index contributed by atoms with van der Waals surface area (Å²) in [5, 5.41) is 11.0. The van der Waals surface area contributed by atoms with E-state index in [1.165, 1.54) is 43.5 Å². The van der Waals surface area contributed by atoms with Gasteiger partial charge in [-0.1, -0.05) is 23.7 Å². The third kappa shape index (κ3) is 5.15. The van der Waals surface area contributed by atoms with Crippen LogP contribution in [0, 0.1) is 10.1 Å². The van der Waals surface area contributed by atoms with Crippen LogP contribution in [0.3, 0.4) is 0 Å². The Balaban J connectivity index is 1.94. The van der Waals surface area contributed by atoms with Crippen molar-refractivity contribution in [2.45, 2.75) is 0 Å². The molecule has 0 saturated heterocycles. The minimum Gasteiger partial charge on any atom is -0.495 e. The van der Waals surface area contributed by atoms with Crippen LogP contribution in [0.4, 0.5) is 5.69 Å². The van der Waals surface area contributed by atoms with Gasteiger partial charge in [0.15, 0.2) is 12.4 Å². The van der Waals surface area contributed by atoms with E-state index in [1.807, 2.05) is 0 Å². The first-order chi connectivity index (χ1) is 12.4. The van der Waals surface area contributed by atoms with E-state index in [1.54, 1.807) is 12.1 Å². The van der Waals surface area contributed by atoms with Crippen molar-refractivity contribution in [3.05, 3.63) is 74.8 Å². The predicted octanol–water partition coefficient (Wildman–Crippen LogP) is 3.70. The van der Waals surface area contributed by atoms with Crippen LogP contribution in [0.15, 0.2) is 48.5 Å². The molecule has 0 spiro atoms. The Morgan fingerprint density at radius 2 is 2.00 bits per heavy atom. The Labute approximate surface area is 153 Å². The van der Waals surface area contributed by atoms with Crippen molar-refractivity contribution in [3.63, 3.8) is 0 Å². The Bertz CT molecular complexity index is 878. The lowest BCUT2D eigenvalue weighted by atomic mass is 10.1. The van der Waals surface area contributed by atoms with Crippen LogP contribution >= 0.6 is 11.6 Å². The zero-order chi connectivity index (χ0) is 19.1. The monoisotopic (exact) mass is 375 g/mol. The number of esters is 1. The van der Waals surface area contributed by atoms with E-state index < -0.39 is 23.3 Å². The molecule has 2 aromatic rings. The molecule has 134 valence electrons. The summed E-state index contributed by atoms with van der Waals surface area (Å²) in [6.45, 7) is -0.458. The zero-order valence-electron chi connectivity index (χ0n) is 13.7. The Hall–Kier alpha value is -3.19. The number of nitro groups is 1. The van der Waals surface area contributed by atoms with Crippen LogP contribution in [0.5, 0.6) is 5.75 Å². The lowest BCUT2D eigenvalue weighted by Gasteiger charge is -2.05. The third-order valence-corrected chi connectivity index (χ3v) is 3.61. The molecule has 0 aliphatic rings. The summed E-state index contributed by atoms with van der Waals surface area (Å²) < 4.78 is 9.87. The summed E-state index contributed by atoms with van der Waals surface area (Å²) in [6, 6.07) is 10.2. The van der Waals surface area contributed by atoms with Crippen LogP contribution < -0.4 is 4.74 Å². The van der Waals surface area contributed by atoms with Gasteiger partial charge < -0.3 is 9.47 Å².